The summed E-state index contributed by atoms with van der Waals surface area (Å²) in [4.78, 5) is 15.1. The van der Waals surface area contributed by atoms with Crippen molar-refractivity contribution in [3.05, 3.63) is 135 Å². The zero-order valence-corrected chi connectivity index (χ0v) is 23.0. The molecule has 2 aliphatic rings. The van der Waals surface area contributed by atoms with Crippen LogP contribution in [0.2, 0.25) is 0 Å². The maximum Gasteiger partial charge on any atom is 0.269 e. The molecule has 1 heterocycles. The van der Waals surface area contributed by atoms with Crippen LogP contribution in [0.25, 0.3) is 0 Å². The second-order valence-electron chi connectivity index (χ2n) is 10.5. The Bertz CT molecular complexity index is 1630. The average Bonchev–Trinajstić information content (AvgIpc) is 3.50. The van der Waals surface area contributed by atoms with E-state index in [1.807, 2.05) is 24.4 Å². The lowest BCUT2D eigenvalue weighted by Gasteiger charge is -2.37. The van der Waals surface area contributed by atoms with Crippen LogP contribution in [0.1, 0.15) is 46.2 Å². The van der Waals surface area contributed by atoms with Gasteiger partial charge in [-0.1, -0.05) is 42.0 Å². The Morgan fingerprint density at radius 1 is 1.00 bits per heavy atom. The molecule has 0 radical (unpaired) electrons. The van der Waals surface area contributed by atoms with Crippen molar-refractivity contribution in [1.82, 2.24) is 0 Å². The normalized spacial score (nSPS) is 18.9. The molecule has 0 bridgehead atoms. The molecule has 1 aliphatic heterocycles. The van der Waals surface area contributed by atoms with Crippen molar-refractivity contribution in [2.24, 2.45) is 10.9 Å². The maximum atomic E-state index is 10.9. The number of aryl methyl sites for hydroxylation is 1. The number of non-ortho nitro benzene ring substituents is 1. The lowest BCUT2D eigenvalue weighted by molar-refractivity contribution is -0.384. The van der Waals surface area contributed by atoms with Crippen LogP contribution in [0.3, 0.4) is 0 Å². The smallest absolute Gasteiger partial charge is 0.269 e. The number of benzene rings is 4. The van der Waals surface area contributed by atoms with E-state index >= 15 is 0 Å². The van der Waals surface area contributed by atoms with Crippen molar-refractivity contribution in [2.75, 3.05) is 12.4 Å². The summed E-state index contributed by atoms with van der Waals surface area (Å²) in [6, 6.07) is 27.4. The Labute approximate surface area is 239 Å². The second kappa shape index (κ2) is 11.3. The third-order valence-corrected chi connectivity index (χ3v) is 7.86. The maximum absolute atomic E-state index is 10.9. The summed E-state index contributed by atoms with van der Waals surface area (Å²) in [7, 11) is 1.59. The van der Waals surface area contributed by atoms with Gasteiger partial charge in [0.25, 0.3) is 5.69 Å². The molecule has 1 N–H and O–H groups in total. The highest BCUT2D eigenvalue weighted by atomic mass is 16.6. The highest BCUT2D eigenvalue weighted by Gasteiger charge is 2.37. The van der Waals surface area contributed by atoms with Crippen LogP contribution in [0.5, 0.6) is 11.5 Å². The fourth-order valence-electron chi connectivity index (χ4n) is 5.72. The van der Waals surface area contributed by atoms with Gasteiger partial charge in [-0.2, -0.15) is 0 Å². The summed E-state index contributed by atoms with van der Waals surface area (Å²) in [5, 5.41) is 14.7. The zero-order valence-electron chi connectivity index (χ0n) is 23.0. The number of nitro benzene ring substituents is 1. The fraction of sp³-hybridized carbons (Fsp3) is 0.206. The van der Waals surface area contributed by atoms with Crippen LogP contribution in [0.15, 0.2) is 102 Å². The van der Waals surface area contributed by atoms with Crippen molar-refractivity contribution in [1.29, 1.82) is 0 Å². The van der Waals surface area contributed by atoms with Crippen molar-refractivity contribution in [3.63, 3.8) is 0 Å². The summed E-state index contributed by atoms with van der Waals surface area (Å²) < 4.78 is 11.4. The number of aliphatic imine (C=N–C) groups is 1. The van der Waals surface area contributed by atoms with E-state index in [9.17, 15) is 10.1 Å². The van der Waals surface area contributed by atoms with Gasteiger partial charge in [0.05, 0.1) is 23.8 Å². The van der Waals surface area contributed by atoms with Crippen LogP contribution in [0.4, 0.5) is 17.1 Å². The first-order valence-corrected chi connectivity index (χ1v) is 13.7. The molecule has 0 saturated carbocycles. The Hall–Kier alpha value is -4.91. The molecule has 0 amide bonds. The van der Waals surface area contributed by atoms with Gasteiger partial charge in [-0.05, 0) is 90.0 Å². The molecule has 0 fully saturated rings. The molecule has 7 nitrogen and oxygen atoms in total. The van der Waals surface area contributed by atoms with Crippen LogP contribution in [-0.4, -0.2) is 18.2 Å². The van der Waals surface area contributed by atoms with E-state index < -0.39 is 4.92 Å². The molecule has 7 heteroatoms. The number of nitrogens with one attached hydrogen (secondary N) is 1. The number of anilines is 1. The number of rotatable bonds is 8. The van der Waals surface area contributed by atoms with Gasteiger partial charge in [-0.15, -0.1) is 0 Å². The number of hydrogen-bond donors (Lipinski definition) is 1. The van der Waals surface area contributed by atoms with Crippen molar-refractivity contribution >= 4 is 23.3 Å². The number of nitro groups is 1. The first kappa shape index (κ1) is 26.3. The first-order valence-electron chi connectivity index (χ1n) is 13.7. The number of nitrogens with zero attached hydrogens (tertiary/aromatic N) is 2. The number of hydrogen-bond acceptors (Lipinski definition) is 6. The Kier molecular flexibility index (Phi) is 7.25. The summed E-state index contributed by atoms with van der Waals surface area (Å²) >= 11 is 0. The van der Waals surface area contributed by atoms with E-state index in [2.05, 4.69) is 71.8 Å². The zero-order chi connectivity index (χ0) is 28.3. The molecule has 0 aromatic heterocycles. The predicted molar refractivity (Wildman–Crippen MR) is 162 cm³/mol. The Balaban J connectivity index is 1.12. The number of fused-ring (bicyclic) bond motifs is 3. The van der Waals surface area contributed by atoms with Crippen LogP contribution < -0.4 is 14.8 Å². The lowest BCUT2D eigenvalue weighted by Crippen LogP contribution is -2.29. The molecular weight excluding hydrogens is 514 g/mol. The van der Waals surface area contributed by atoms with Crippen LogP contribution in [-0.2, 0) is 6.61 Å². The highest BCUT2D eigenvalue weighted by Crippen LogP contribution is 2.50. The van der Waals surface area contributed by atoms with Gasteiger partial charge in [0, 0.05) is 30.0 Å². The minimum Gasteiger partial charge on any atom is -0.493 e. The van der Waals surface area contributed by atoms with Crippen molar-refractivity contribution < 1.29 is 14.4 Å². The summed E-state index contributed by atoms with van der Waals surface area (Å²) in [6.45, 7) is 2.43. The molecule has 41 heavy (non-hydrogen) atoms. The monoisotopic (exact) mass is 545 g/mol. The third-order valence-electron chi connectivity index (χ3n) is 7.86. The van der Waals surface area contributed by atoms with Gasteiger partial charge in [-0.25, -0.2) is 0 Å². The SMILES string of the molecule is COc1cc(C=Nc2ccc([C@@H]3Nc4ccc(C)cc4[C@@H]4C=CC[C@H]43)cc2)ccc1OCc1ccc([N+](=O)[O-])cc1. The number of ether oxygens (including phenoxy) is 2. The van der Waals surface area contributed by atoms with Gasteiger partial charge in [0.2, 0.25) is 0 Å². The number of allylic oxidation sites excluding steroid dienone is 2. The lowest BCUT2D eigenvalue weighted by atomic mass is 9.76. The largest absolute Gasteiger partial charge is 0.493 e. The molecule has 206 valence electrons. The molecule has 1 aliphatic carbocycles. The minimum atomic E-state index is -0.418. The molecule has 0 unspecified atom stereocenters. The van der Waals surface area contributed by atoms with Gasteiger partial charge >= 0.3 is 0 Å². The molecule has 6 rings (SSSR count). The van der Waals surface area contributed by atoms with E-state index in [1.165, 1.54) is 34.5 Å². The molecule has 0 saturated heterocycles. The van der Waals surface area contributed by atoms with Gasteiger partial charge in [0.15, 0.2) is 11.5 Å². The van der Waals surface area contributed by atoms with E-state index in [1.54, 1.807) is 19.2 Å². The summed E-state index contributed by atoms with van der Waals surface area (Å²) in [5.74, 6) is 2.13. The molecule has 3 atom stereocenters. The van der Waals surface area contributed by atoms with Crippen LogP contribution >= 0.6 is 0 Å². The predicted octanol–water partition coefficient (Wildman–Crippen LogP) is 8.07. The molecule has 0 spiro atoms. The minimum absolute atomic E-state index is 0.0517. The fourth-order valence-corrected chi connectivity index (χ4v) is 5.72. The molecule has 4 aromatic rings. The molecular formula is C34H31N3O4. The number of methoxy groups -OCH3 is 1. The van der Waals surface area contributed by atoms with E-state index in [-0.39, 0.29) is 18.3 Å². The Morgan fingerprint density at radius 2 is 1.80 bits per heavy atom. The van der Waals surface area contributed by atoms with Gasteiger partial charge in [0.1, 0.15) is 6.61 Å². The van der Waals surface area contributed by atoms with E-state index in [0.29, 0.717) is 23.3 Å². The van der Waals surface area contributed by atoms with Gasteiger partial charge in [-0.3, -0.25) is 15.1 Å². The second-order valence-corrected chi connectivity index (χ2v) is 10.5. The van der Waals surface area contributed by atoms with E-state index in [0.717, 1.165) is 23.2 Å². The first-order chi connectivity index (χ1) is 20.0. The highest BCUT2D eigenvalue weighted by molar-refractivity contribution is 5.83. The average molecular weight is 546 g/mol. The van der Waals surface area contributed by atoms with Crippen molar-refractivity contribution in [2.45, 2.75) is 31.9 Å². The standard InChI is InChI=1S/C34H31N3O4/c1-22-6-16-31-30(18-22)28-4-3-5-29(28)34(36-31)25-10-12-26(13-11-25)35-20-24-9-17-32(33(19-24)40-2)41-21-23-7-14-27(15-8-23)37(38)39/h3-4,6-20,28-29,34,36H,5,21H2,1-2H3/t28-,29-,34+/m1/s1. The topological polar surface area (TPSA) is 86.0 Å². The van der Waals surface area contributed by atoms with Crippen molar-refractivity contribution in [3.8, 4) is 11.5 Å². The van der Waals surface area contributed by atoms with Crippen LogP contribution in [0, 0.1) is 23.0 Å². The Morgan fingerprint density at radius 3 is 2.56 bits per heavy atom. The van der Waals surface area contributed by atoms with E-state index in [4.69, 9.17) is 9.47 Å². The third kappa shape index (κ3) is 5.57. The molecule has 4 aromatic carbocycles. The van der Waals surface area contributed by atoms with Gasteiger partial charge < -0.3 is 14.8 Å². The summed E-state index contributed by atoms with van der Waals surface area (Å²) in [6.07, 6.45) is 7.58. The summed E-state index contributed by atoms with van der Waals surface area (Å²) in [5.41, 5.74) is 7.83. The quantitative estimate of drug-likeness (QED) is 0.105.